The Kier molecular flexibility index (Phi) is 12.7. The summed E-state index contributed by atoms with van der Waals surface area (Å²) < 4.78 is 15.5. The van der Waals surface area contributed by atoms with E-state index in [1.54, 1.807) is 14.2 Å². The molecular weight excluding hydrogens is 208 g/mol. The molecule has 0 atom stereocenters. The first-order chi connectivity index (χ1) is 7.85. The van der Waals surface area contributed by atoms with Crippen LogP contribution in [0.1, 0.15) is 6.42 Å². The van der Waals surface area contributed by atoms with E-state index in [9.17, 15) is 0 Å². The Bertz CT molecular complexity index is 136. The lowest BCUT2D eigenvalue weighted by Crippen LogP contribution is -2.35. The van der Waals surface area contributed by atoms with Crippen LogP contribution in [-0.4, -0.2) is 71.7 Å². The van der Waals surface area contributed by atoms with Gasteiger partial charge in [0.15, 0.2) is 0 Å². The summed E-state index contributed by atoms with van der Waals surface area (Å²) in [5, 5.41) is 0. The third kappa shape index (κ3) is 10.3. The maximum Gasteiger partial charge on any atom is 0.0593 e. The highest BCUT2D eigenvalue weighted by Gasteiger charge is 2.02. The van der Waals surface area contributed by atoms with Gasteiger partial charge in [-0.2, -0.15) is 0 Å². The average Bonchev–Trinajstić information content (AvgIpc) is 2.30. The van der Waals surface area contributed by atoms with Crippen molar-refractivity contribution >= 4 is 0 Å². The van der Waals surface area contributed by atoms with E-state index in [1.807, 2.05) is 0 Å². The van der Waals surface area contributed by atoms with Crippen molar-refractivity contribution in [1.29, 1.82) is 0 Å². The lowest BCUT2D eigenvalue weighted by Gasteiger charge is -2.20. The van der Waals surface area contributed by atoms with E-state index < -0.39 is 0 Å². The van der Waals surface area contributed by atoms with E-state index in [0.29, 0.717) is 6.54 Å². The molecule has 0 aromatic rings. The third-order valence-corrected chi connectivity index (χ3v) is 2.25. The SMILES string of the molecule is COCCCOCCN(CCN)CCOC. The standard InChI is InChI=1S/C11H26N2O3/c1-14-8-3-9-16-11-7-13(5-4-12)6-10-15-2/h3-12H2,1-2H3. The molecule has 0 saturated heterocycles. The van der Waals surface area contributed by atoms with Crippen LogP contribution in [0.15, 0.2) is 0 Å². The molecule has 2 N–H and O–H groups in total. The van der Waals surface area contributed by atoms with Gasteiger partial charge in [-0.05, 0) is 6.42 Å². The van der Waals surface area contributed by atoms with Gasteiger partial charge in [0.25, 0.3) is 0 Å². The maximum absolute atomic E-state index is 5.53. The summed E-state index contributed by atoms with van der Waals surface area (Å²) in [6.45, 7) is 6.39. The van der Waals surface area contributed by atoms with Crippen molar-refractivity contribution in [3.63, 3.8) is 0 Å². The number of methoxy groups -OCH3 is 2. The first kappa shape index (κ1) is 15.8. The van der Waals surface area contributed by atoms with E-state index in [2.05, 4.69) is 4.90 Å². The zero-order valence-electron chi connectivity index (χ0n) is 10.6. The molecule has 0 heterocycles. The molecule has 0 fully saturated rings. The smallest absolute Gasteiger partial charge is 0.0593 e. The Labute approximate surface area is 98.8 Å². The summed E-state index contributed by atoms with van der Waals surface area (Å²) in [5.74, 6) is 0. The molecule has 0 bridgehead atoms. The van der Waals surface area contributed by atoms with Gasteiger partial charge in [0.2, 0.25) is 0 Å². The average molecular weight is 234 g/mol. The van der Waals surface area contributed by atoms with Crippen LogP contribution >= 0.6 is 0 Å². The van der Waals surface area contributed by atoms with Crippen LogP contribution in [0, 0.1) is 0 Å². The molecule has 0 aliphatic rings. The van der Waals surface area contributed by atoms with Gasteiger partial charge >= 0.3 is 0 Å². The summed E-state index contributed by atoms with van der Waals surface area (Å²) in [5.41, 5.74) is 5.53. The molecule has 98 valence electrons. The topological polar surface area (TPSA) is 57.0 Å². The van der Waals surface area contributed by atoms with Crippen molar-refractivity contribution in [3.05, 3.63) is 0 Å². The Morgan fingerprint density at radius 3 is 2.19 bits per heavy atom. The largest absolute Gasteiger partial charge is 0.385 e. The molecule has 0 aliphatic carbocycles. The second-order valence-electron chi connectivity index (χ2n) is 3.58. The van der Waals surface area contributed by atoms with Crippen molar-refractivity contribution in [2.45, 2.75) is 6.42 Å². The third-order valence-electron chi connectivity index (χ3n) is 2.25. The molecule has 0 aromatic carbocycles. The summed E-state index contributed by atoms with van der Waals surface area (Å²) >= 11 is 0. The van der Waals surface area contributed by atoms with E-state index in [0.717, 1.165) is 52.5 Å². The molecule has 0 radical (unpaired) electrons. The number of ether oxygens (including phenoxy) is 3. The van der Waals surface area contributed by atoms with Crippen LogP contribution in [0.2, 0.25) is 0 Å². The van der Waals surface area contributed by atoms with Gasteiger partial charge in [-0.3, -0.25) is 4.90 Å². The van der Waals surface area contributed by atoms with E-state index in [-0.39, 0.29) is 0 Å². The molecule has 0 rings (SSSR count). The Morgan fingerprint density at radius 1 is 0.875 bits per heavy atom. The molecule has 5 heteroatoms. The van der Waals surface area contributed by atoms with Crippen LogP contribution in [0.5, 0.6) is 0 Å². The minimum atomic E-state index is 0.674. The van der Waals surface area contributed by atoms with Crippen molar-refractivity contribution in [3.8, 4) is 0 Å². The van der Waals surface area contributed by atoms with Crippen LogP contribution in [0.4, 0.5) is 0 Å². The Hall–Kier alpha value is -0.200. The fourth-order valence-electron chi connectivity index (χ4n) is 1.34. The molecule has 0 saturated carbocycles. The lowest BCUT2D eigenvalue weighted by molar-refractivity contribution is 0.0755. The lowest BCUT2D eigenvalue weighted by atomic mass is 10.4. The zero-order chi connectivity index (χ0) is 12.1. The normalized spacial score (nSPS) is 11.2. The monoisotopic (exact) mass is 234 g/mol. The van der Waals surface area contributed by atoms with Crippen molar-refractivity contribution in [1.82, 2.24) is 4.90 Å². The number of nitrogens with two attached hydrogens (primary N) is 1. The highest BCUT2D eigenvalue weighted by molar-refractivity contribution is 4.57. The van der Waals surface area contributed by atoms with Crippen molar-refractivity contribution in [2.75, 3.05) is 66.8 Å². The summed E-state index contributed by atoms with van der Waals surface area (Å²) in [4.78, 5) is 2.25. The van der Waals surface area contributed by atoms with Gasteiger partial charge in [-0.15, -0.1) is 0 Å². The molecular formula is C11H26N2O3. The number of hydrogen-bond donors (Lipinski definition) is 1. The fourth-order valence-corrected chi connectivity index (χ4v) is 1.34. The molecule has 0 amide bonds. The quantitative estimate of drug-likeness (QED) is 0.480. The molecule has 16 heavy (non-hydrogen) atoms. The Morgan fingerprint density at radius 2 is 1.56 bits per heavy atom. The van der Waals surface area contributed by atoms with Crippen LogP contribution in [-0.2, 0) is 14.2 Å². The summed E-state index contributed by atoms with van der Waals surface area (Å²) in [6.07, 6.45) is 0.950. The van der Waals surface area contributed by atoms with Crippen LogP contribution in [0.25, 0.3) is 0 Å². The molecule has 5 nitrogen and oxygen atoms in total. The second-order valence-corrected chi connectivity index (χ2v) is 3.58. The molecule has 0 unspecified atom stereocenters. The maximum atomic E-state index is 5.53. The fraction of sp³-hybridized carbons (Fsp3) is 1.00. The highest BCUT2D eigenvalue weighted by atomic mass is 16.5. The number of rotatable bonds is 12. The molecule has 0 spiro atoms. The van der Waals surface area contributed by atoms with Crippen molar-refractivity contribution < 1.29 is 14.2 Å². The summed E-state index contributed by atoms with van der Waals surface area (Å²) in [6, 6.07) is 0. The minimum Gasteiger partial charge on any atom is -0.385 e. The molecule has 0 aliphatic heterocycles. The second kappa shape index (κ2) is 12.9. The van der Waals surface area contributed by atoms with Crippen LogP contribution < -0.4 is 5.73 Å². The first-order valence-electron chi connectivity index (χ1n) is 5.83. The van der Waals surface area contributed by atoms with Gasteiger partial charge in [0.05, 0.1) is 13.2 Å². The minimum absolute atomic E-state index is 0.674. The van der Waals surface area contributed by atoms with Gasteiger partial charge in [0.1, 0.15) is 0 Å². The van der Waals surface area contributed by atoms with E-state index in [4.69, 9.17) is 19.9 Å². The van der Waals surface area contributed by atoms with Crippen LogP contribution in [0.3, 0.4) is 0 Å². The van der Waals surface area contributed by atoms with E-state index >= 15 is 0 Å². The number of hydrogen-bond acceptors (Lipinski definition) is 5. The highest BCUT2D eigenvalue weighted by Crippen LogP contribution is 1.90. The zero-order valence-corrected chi connectivity index (χ0v) is 10.6. The predicted molar refractivity (Wildman–Crippen MR) is 64.7 cm³/mol. The number of nitrogens with zero attached hydrogens (tertiary/aromatic N) is 1. The van der Waals surface area contributed by atoms with Gasteiger partial charge in [-0.1, -0.05) is 0 Å². The predicted octanol–water partition coefficient (Wildman–Crippen LogP) is -0.0534. The van der Waals surface area contributed by atoms with Gasteiger partial charge in [0, 0.05) is 53.6 Å². The first-order valence-corrected chi connectivity index (χ1v) is 5.83. The Balaban J connectivity index is 3.36. The van der Waals surface area contributed by atoms with Crippen molar-refractivity contribution in [2.24, 2.45) is 5.73 Å². The molecule has 0 aromatic heterocycles. The van der Waals surface area contributed by atoms with E-state index in [1.165, 1.54) is 0 Å². The van der Waals surface area contributed by atoms with Gasteiger partial charge < -0.3 is 19.9 Å². The summed E-state index contributed by atoms with van der Waals surface area (Å²) in [7, 11) is 3.41. The van der Waals surface area contributed by atoms with Gasteiger partial charge in [-0.25, -0.2) is 0 Å².